The molecule has 7 nitrogen and oxygen atoms in total. The largest absolute Gasteiger partial charge is 0.469 e. The zero-order chi connectivity index (χ0) is 26.2. The molecule has 5 fully saturated rings. The zero-order valence-corrected chi connectivity index (χ0v) is 22.4. The number of carbonyl (C=O) groups is 2. The molecule has 2 unspecified atom stereocenters. The number of pyridine rings is 1. The number of rotatable bonds is 10. The summed E-state index contributed by atoms with van der Waals surface area (Å²) in [4.78, 5) is 32.3. The molecule has 37 heavy (non-hydrogen) atoms. The van der Waals surface area contributed by atoms with Crippen LogP contribution in [0.3, 0.4) is 0 Å². The quantitative estimate of drug-likeness (QED) is 0.336. The lowest BCUT2D eigenvalue weighted by Crippen LogP contribution is -2.62. The van der Waals surface area contributed by atoms with Gasteiger partial charge in [0.25, 0.3) is 5.91 Å². The Bertz CT molecular complexity index is 992. The normalized spacial score (nSPS) is 32.2. The van der Waals surface area contributed by atoms with Crippen LogP contribution in [0.1, 0.15) is 68.6 Å². The van der Waals surface area contributed by atoms with Gasteiger partial charge in [0.15, 0.2) is 0 Å². The number of alkyl halides is 2. The predicted molar refractivity (Wildman–Crippen MR) is 137 cm³/mol. The van der Waals surface area contributed by atoms with E-state index in [1.165, 1.54) is 7.11 Å². The van der Waals surface area contributed by atoms with Gasteiger partial charge in [-0.15, -0.1) is 11.8 Å². The van der Waals surface area contributed by atoms with Crippen molar-refractivity contribution in [1.82, 2.24) is 10.3 Å². The van der Waals surface area contributed by atoms with Crippen LogP contribution < -0.4 is 10.2 Å². The summed E-state index contributed by atoms with van der Waals surface area (Å²) >= 11 is 1.58. The first-order valence-corrected chi connectivity index (χ1v) is 14.5. The molecule has 1 aromatic rings. The van der Waals surface area contributed by atoms with E-state index >= 15 is 0 Å². The number of ether oxygens (including phenoxy) is 2. The number of aromatic nitrogens is 1. The maximum atomic E-state index is 13.5. The van der Waals surface area contributed by atoms with E-state index < -0.39 is 12.2 Å². The number of anilines is 1. The highest BCUT2D eigenvalue weighted by Crippen LogP contribution is 2.57. The number of nitrogens with one attached hydrogen (secondary N) is 1. The lowest BCUT2D eigenvalue weighted by molar-refractivity contribution is -0.260. The van der Waals surface area contributed by atoms with Crippen LogP contribution in [0.2, 0.25) is 0 Å². The van der Waals surface area contributed by atoms with Crippen molar-refractivity contribution < 1.29 is 27.8 Å². The Kier molecular flexibility index (Phi) is 7.96. The second kappa shape index (κ2) is 11.0. The van der Waals surface area contributed by atoms with Gasteiger partial charge in [0.1, 0.15) is 10.8 Å². The van der Waals surface area contributed by atoms with Gasteiger partial charge in [-0.05, 0) is 86.5 Å². The second-order valence-electron chi connectivity index (χ2n) is 11.3. The Morgan fingerprint density at radius 1 is 1.24 bits per heavy atom. The maximum absolute atomic E-state index is 13.5. The van der Waals surface area contributed by atoms with E-state index in [9.17, 15) is 18.4 Å². The van der Waals surface area contributed by atoms with Crippen molar-refractivity contribution in [2.24, 2.45) is 23.7 Å². The summed E-state index contributed by atoms with van der Waals surface area (Å²) in [5.41, 5.74) is -0.154. The van der Waals surface area contributed by atoms with E-state index in [0.29, 0.717) is 37.2 Å². The fourth-order valence-corrected chi connectivity index (χ4v) is 8.23. The SMILES string of the molecule is CCCSc1nc(N2CC[C@@H](CC(=O)OC)C2)ccc1C(=O)NC1C2CC3CC1CC(OC(F)F)(C3)C2. The van der Waals surface area contributed by atoms with E-state index in [1.807, 2.05) is 12.1 Å². The molecule has 0 aromatic carbocycles. The number of hydrogen-bond donors (Lipinski definition) is 1. The number of hydrogen-bond acceptors (Lipinski definition) is 7. The summed E-state index contributed by atoms with van der Waals surface area (Å²) in [6, 6.07) is 3.74. The minimum absolute atomic E-state index is 0.0141. The molecule has 4 bridgehead atoms. The average Bonchev–Trinajstić information content (AvgIpc) is 3.31. The summed E-state index contributed by atoms with van der Waals surface area (Å²) in [6.07, 6.45) is 6.08. The number of amides is 1. The molecule has 2 heterocycles. The number of esters is 1. The van der Waals surface area contributed by atoms with E-state index in [4.69, 9.17) is 14.5 Å². The van der Waals surface area contributed by atoms with Crippen LogP contribution >= 0.6 is 11.8 Å². The van der Waals surface area contributed by atoms with Crippen LogP contribution in [0.5, 0.6) is 0 Å². The van der Waals surface area contributed by atoms with Crippen LogP contribution in [-0.2, 0) is 14.3 Å². The van der Waals surface area contributed by atoms with Crippen molar-refractivity contribution in [2.75, 3.05) is 30.9 Å². The molecule has 5 aliphatic rings. The third-order valence-corrected chi connectivity index (χ3v) is 9.88. The summed E-state index contributed by atoms with van der Waals surface area (Å²) < 4.78 is 36.2. The number of nitrogens with zero attached hydrogens (tertiary/aromatic N) is 2. The van der Waals surface area contributed by atoms with Crippen molar-refractivity contribution in [2.45, 2.75) is 81.6 Å². The Morgan fingerprint density at radius 2 is 2.00 bits per heavy atom. The van der Waals surface area contributed by atoms with Gasteiger partial charge in [-0.1, -0.05) is 6.92 Å². The summed E-state index contributed by atoms with van der Waals surface area (Å²) in [7, 11) is 1.41. The number of halogens is 2. The van der Waals surface area contributed by atoms with Crippen LogP contribution in [0.25, 0.3) is 0 Å². The third kappa shape index (κ3) is 5.75. The first kappa shape index (κ1) is 26.7. The molecule has 3 atom stereocenters. The molecule has 204 valence electrons. The van der Waals surface area contributed by atoms with Gasteiger partial charge >= 0.3 is 12.6 Å². The highest BCUT2D eigenvalue weighted by atomic mass is 32.2. The molecule has 1 aliphatic heterocycles. The van der Waals surface area contributed by atoms with Crippen molar-refractivity contribution >= 4 is 29.5 Å². The van der Waals surface area contributed by atoms with Gasteiger partial charge in [0.05, 0.1) is 24.7 Å². The van der Waals surface area contributed by atoms with Gasteiger partial charge < -0.3 is 19.7 Å². The number of methoxy groups -OCH3 is 1. The van der Waals surface area contributed by atoms with Crippen LogP contribution in [0, 0.1) is 23.7 Å². The average molecular weight is 538 g/mol. The van der Waals surface area contributed by atoms with Gasteiger partial charge in [-0.25, -0.2) is 4.98 Å². The molecule has 4 aliphatic carbocycles. The molecule has 4 saturated carbocycles. The number of carbonyl (C=O) groups excluding carboxylic acids is 2. The highest BCUT2D eigenvalue weighted by Gasteiger charge is 2.57. The molecule has 1 aromatic heterocycles. The van der Waals surface area contributed by atoms with E-state index in [1.54, 1.807) is 11.8 Å². The van der Waals surface area contributed by atoms with Gasteiger partial charge in [-0.2, -0.15) is 8.78 Å². The molecule has 1 N–H and O–H groups in total. The molecular formula is C27H37F2N3O4S. The Hall–Kier alpha value is -1.94. The standard InChI is InChI=1S/C27H37F2N3O4S/c1-3-8-37-25-20(4-5-21(30-25)32-7-6-16(15-32)11-22(33)35-2)24(34)31-23-18-9-17-10-19(23)14-27(12-17,13-18)36-26(28)29/h4-5,16-19,23,26H,3,6-15H2,1-2H3,(H,31,34)/t16-,17?,18?,19?,23?,27?/m0/s1. The Labute approximate surface area is 221 Å². The highest BCUT2D eigenvalue weighted by molar-refractivity contribution is 7.99. The summed E-state index contributed by atoms with van der Waals surface area (Å²) in [6.45, 7) is 0.895. The van der Waals surface area contributed by atoms with Crippen LogP contribution in [0.15, 0.2) is 17.2 Å². The first-order valence-electron chi connectivity index (χ1n) is 13.5. The van der Waals surface area contributed by atoms with Gasteiger partial charge in [0.2, 0.25) is 0 Å². The molecule has 6 rings (SSSR count). The molecule has 10 heteroatoms. The molecule has 1 amide bonds. The van der Waals surface area contributed by atoms with E-state index in [0.717, 1.165) is 55.4 Å². The van der Waals surface area contributed by atoms with E-state index in [2.05, 4.69) is 17.1 Å². The minimum Gasteiger partial charge on any atom is -0.469 e. The fraction of sp³-hybridized carbons (Fsp3) is 0.741. The van der Waals surface area contributed by atoms with Crippen molar-refractivity contribution in [3.63, 3.8) is 0 Å². The molecule has 0 radical (unpaired) electrons. The van der Waals surface area contributed by atoms with Crippen LogP contribution in [-0.4, -0.2) is 61.1 Å². The van der Waals surface area contributed by atoms with Gasteiger partial charge in [0, 0.05) is 19.1 Å². The Morgan fingerprint density at radius 3 is 2.68 bits per heavy atom. The second-order valence-corrected chi connectivity index (χ2v) is 12.4. The topological polar surface area (TPSA) is 80.8 Å². The van der Waals surface area contributed by atoms with Crippen molar-refractivity contribution in [1.29, 1.82) is 0 Å². The lowest BCUT2D eigenvalue weighted by atomic mass is 9.52. The summed E-state index contributed by atoms with van der Waals surface area (Å²) in [5, 5.41) is 4.01. The molecular weight excluding hydrogens is 500 g/mol. The number of thioether (sulfide) groups is 1. The minimum atomic E-state index is -2.75. The smallest absolute Gasteiger partial charge is 0.345 e. The zero-order valence-electron chi connectivity index (χ0n) is 21.6. The van der Waals surface area contributed by atoms with E-state index in [-0.39, 0.29) is 35.7 Å². The molecule has 0 spiro atoms. The fourth-order valence-electron chi connectivity index (χ4n) is 7.36. The molecule has 1 saturated heterocycles. The predicted octanol–water partition coefficient (Wildman–Crippen LogP) is 4.89. The maximum Gasteiger partial charge on any atom is 0.345 e. The third-order valence-electron chi connectivity index (χ3n) is 8.68. The van der Waals surface area contributed by atoms with Gasteiger partial charge in [-0.3, -0.25) is 9.59 Å². The Balaban J connectivity index is 1.28. The van der Waals surface area contributed by atoms with Crippen LogP contribution in [0.4, 0.5) is 14.6 Å². The lowest BCUT2D eigenvalue weighted by Gasteiger charge is -2.59. The van der Waals surface area contributed by atoms with Crippen molar-refractivity contribution in [3.8, 4) is 0 Å². The monoisotopic (exact) mass is 537 g/mol. The van der Waals surface area contributed by atoms with Crippen molar-refractivity contribution in [3.05, 3.63) is 17.7 Å². The first-order chi connectivity index (χ1) is 17.8. The summed E-state index contributed by atoms with van der Waals surface area (Å²) in [5.74, 6) is 2.33.